The van der Waals surface area contributed by atoms with Gasteiger partial charge in [-0.1, -0.05) is 25.8 Å². The summed E-state index contributed by atoms with van der Waals surface area (Å²) in [7, 11) is 0. The molecular weight excluding hydrogens is 182 g/mol. The standard InChI is InChI=1S/C7H11N3S.C2H6/c1-5-3-6(8)7(9-4-5)10-11-2;1-2/h3-4H,8H2,1-2H3,(H,9,10);1-2H3. The summed E-state index contributed by atoms with van der Waals surface area (Å²) >= 11 is 1.48. The van der Waals surface area contributed by atoms with Crippen LogP contribution in [0, 0.1) is 6.92 Å². The van der Waals surface area contributed by atoms with Gasteiger partial charge in [0, 0.05) is 12.5 Å². The van der Waals surface area contributed by atoms with Gasteiger partial charge in [-0.15, -0.1) is 0 Å². The first kappa shape index (κ1) is 12.1. The van der Waals surface area contributed by atoms with Crippen molar-refractivity contribution in [3.8, 4) is 0 Å². The fourth-order valence-corrected chi connectivity index (χ4v) is 1.14. The molecule has 0 saturated carbocycles. The molecule has 0 aliphatic carbocycles. The van der Waals surface area contributed by atoms with Crippen LogP contribution in [-0.4, -0.2) is 11.2 Å². The van der Waals surface area contributed by atoms with Crippen LogP contribution in [0.15, 0.2) is 12.3 Å². The van der Waals surface area contributed by atoms with Crippen LogP contribution in [0.2, 0.25) is 0 Å². The second-order valence-electron chi connectivity index (χ2n) is 2.26. The number of pyridine rings is 1. The van der Waals surface area contributed by atoms with Crippen LogP contribution in [0.5, 0.6) is 0 Å². The Hall–Kier alpha value is -0.900. The Kier molecular flexibility index (Phi) is 6.14. The molecule has 1 rings (SSSR count). The highest BCUT2D eigenvalue weighted by Crippen LogP contribution is 2.17. The van der Waals surface area contributed by atoms with Crippen molar-refractivity contribution in [2.75, 3.05) is 16.7 Å². The molecule has 0 aliphatic rings. The highest BCUT2D eigenvalue weighted by Gasteiger charge is 1.97. The van der Waals surface area contributed by atoms with Gasteiger partial charge in [0.25, 0.3) is 0 Å². The maximum atomic E-state index is 5.67. The maximum absolute atomic E-state index is 5.67. The van der Waals surface area contributed by atoms with Gasteiger partial charge in [0.1, 0.15) is 0 Å². The van der Waals surface area contributed by atoms with Crippen molar-refractivity contribution in [3.63, 3.8) is 0 Å². The summed E-state index contributed by atoms with van der Waals surface area (Å²) in [6.45, 7) is 5.96. The van der Waals surface area contributed by atoms with Crippen LogP contribution in [-0.2, 0) is 0 Å². The van der Waals surface area contributed by atoms with E-state index in [0.29, 0.717) is 5.69 Å². The van der Waals surface area contributed by atoms with E-state index in [4.69, 9.17) is 5.73 Å². The van der Waals surface area contributed by atoms with Gasteiger partial charge in [-0.25, -0.2) is 4.98 Å². The predicted octanol–water partition coefficient (Wildman–Crippen LogP) is 2.69. The van der Waals surface area contributed by atoms with E-state index in [1.165, 1.54) is 11.9 Å². The molecule has 1 aromatic rings. The van der Waals surface area contributed by atoms with Crippen molar-refractivity contribution >= 4 is 23.5 Å². The van der Waals surface area contributed by atoms with Gasteiger partial charge in [0.2, 0.25) is 0 Å². The third kappa shape index (κ3) is 4.03. The molecule has 0 unspecified atom stereocenters. The Morgan fingerprint density at radius 1 is 1.46 bits per heavy atom. The number of aromatic nitrogens is 1. The molecule has 0 spiro atoms. The van der Waals surface area contributed by atoms with E-state index in [1.54, 1.807) is 6.20 Å². The molecule has 0 radical (unpaired) electrons. The molecule has 0 saturated heterocycles. The third-order valence-electron chi connectivity index (χ3n) is 1.25. The van der Waals surface area contributed by atoms with E-state index in [2.05, 4.69) is 9.71 Å². The van der Waals surface area contributed by atoms with Gasteiger partial charge in [-0.05, 0) is 18.6 Å². The quantitative estimate of drug-likeness (QED) is 0.719. The lowest BCUT2D eigenvalue weighted by molar-refractivity contribution is 1.28. The van der Waals surface area contributed by atoms with E-state index in [0.717, 1.165) is 11.4 Å². The summed E-state index contributed by atoms with van der Waals surface area (Å²) in [4.78, 5) is 4.11. The van der Waals surface area contributed by atoms with E-state index >= 15 is 0 Å². The van der Waals surface area contributed by atoms with Gasteiger partial charge in [-0.2, -0.15) is 0 Å². The minimum absolute atomic E-state index is 0.694. The average molecular weight is 199 g/mol. The molecule has 74 valence electrons. The highest BCUT2D eigenvalue weighted by molar-refractivity contribution is 7.99. The first-order valence-corrected chi connectivity index (χ1v) is 5.47. The van der Waals surface area contributed by atoms with Crippen molar-refractivity contribution in [1.29, 1.82) is 0 Å². The molecule has 1 aromatic heterocycles. The maximum Gasteiger partial charge on any atom is 0.159 e. The Labute approximate surface area is 84.3 Å². The van der Waals surface area contributed by atoms with Crippen LogP contribution >= 0.6 is 11.9 Å². The number of aryl methyl sites for hydroxylation is 1. The summed E-state index contributed by atoms with van der Waals surface area (Å²) in [6.07, 6.45) is 3.72. The molecular formula is C9H17N3S. The molecule has 0 atom stereocenters. The lowest BCUT2D eigenvalue weighted by Crippen LogP contribution is -1.96. The molecule has 0 bridgehead atoms. The molecule has 1 heterocycles. The molecule has 0 aromatic carbocycles. The number of hydrogen-bond donors (Lipinski definition) is 2. The monoisotopic (exact) mass is 199 g/mol. The Morgan fingerprint density at radius 3 is 2.54 bits per heavy atom. The first-order valence-electron chi connectivity index (χ1n) is 4.25. The van der Waals surface area contributed by atoms with Gasteiger partial charge >= 0.3 is 0 Å². The summed E-state index contributed by atoms with van der Waals surface area (Å²) in [5.74, 6) is 0.739. The molecule has 0 aliphatic heterocycles. The number of hydrogen-bond acceptors (Lipinski definition) is 4. The number of nitrogen functional groups attached to an aromatic ring is 1. The van der Waals surface area contributed by atoms with Crippen LogP contribution in [0.4, 0.5) is 11.5 Å². The first-order chi connectivity index (χ1) is 6.24. The van der Waals surface area contributed by atoms with E-state index < -0.39 is 0 Å². The summed E-state index contributed by atoms with van der Waals surface area (Å²) in [6, 6.07) is 1.89. The summed E-state index contributed by atoms with van der Waals surface area (Å²) in [5.41, 5.74) is 7.44. The lowest BCUT2D eigenvalue weighted by Gasteiger charge is -2.04. The van der Waals surface area contributed by atoms with E-state index in [9.17, 15) is 0 Å². The van der Waals surface area contributed by atoms with Gasteiger partial charge < -0.3 is 10.5 Å². The zero-order valence-corrected chi connectivity index (χ0v) is 9.40. The minimum atomic E-state index is 0.694. The van der Waals surface area contributed by atoms with Crippen molar-refractivity contribution in [2.24, 2.45) is 0 Å². The minimum Gasteiger partial charge on any atom is -0.396 e. The lowest BCUT2D eigenvalue weighted by atomic mass is 10.3. The highest BCUT2D eigenvalue weighted by atomic mass is 32.2. The van der Waals surface area contributed by atoms with Gasteiger partial charge in [-0.3, -0.25) is 0 Å². The number of anilines is 2. The number of rotatable bonds is 2. The van der Waals surface area contributed by atoms with Crippen LogP contribution in [0.1, 0.15) is 19.4 Å². The molecule has 0 fully saturated rings. The SMILES string of the molecule is CC.CSNc1ncc(C)cc1N. The number of nitrogens with zero attached hydrogens (tertiary/aromatic N) is 1. The molecule has 3 N–H and O–H groups in total. The average Bonchev–Trinajstić information content (AvgIpc) is 2.14. The molecule has 4 heteroatoms. The van der Waals surface area contributed by atoms with E-state index in [1.807, 2.05) is 33.1 Å². The normalized spacial score (nSPS) is 8.62. The fourth-order valence-electron chi connectivity index (χ4n) is 0.774. The van der Waals surface area contributed by atoms with Gasteiger partial charge in [0.05, 0.1) is 5.69 Å². The summed E-state index contributed by atoms with van der Waals surface area (Å²) < 4.78 is 2.98. The third-order valence-corrected chi connectivity index (χ3v) is 1.65. The van der Waals surface area contributed by atoms with Crippen LogP contribution in [0.3, 0.4) is 0 Å². The van der Waals surface area contributed by atoms with Crippen molar-refractivity contribution < 1.29 is 0 Å². The zero-order valence-electron chi connectivity index (χ0n) is 8.59. The smallest absolute Gasteiger partial charge is 0.159 e. The zero-order chi connectivity index (χ0) is 10.3. The molecule has 0 amide bonds. The second kappa shape index (κ2) is 6.60. The van der Waals surface area contributed by atoms with Crippen LogP contribution < -0.4 is 10.5 Å². The van der Waals surface area contributed by atoms with Gasteiger partial charge in [0.15, 0.2) is 5.82 Å². The summed E-state index contributed by atoms with van der Waals surface area (Å²) in [5, 5.41) is 0. The second-order valence-corrected chi connectivity index (χ2v) is 2.87. The Balaban J connectivity index is 0.000000671. The number of nitrogens with one attached hydrogen (secondary N) is 1. The number of nitrogens with two attached hydrogens (primary N) is 1. The largest absolute Gasteiger partial charge is 0.396 e. The van der Waals surface area contributed by atoms with E-state index in [-0.39, 0.29) is 0 Å². The van der Waals surface area contributed by atoms with Crippen molar-refractivity contribution in [3.05, 3.63) is 17.8 Å². The van der Waals surface area contributed by atoms with Crippen LogP contribution in [0.25, 0.3) is 0 Å². The Bertz CT molecular complexity index is 251. The van der Waals surface area contributed by atoms with Crippen molar-refractivity contribution in [2.45, 2.75) is 20.8 Å². The predicted molar refractivity (Wildman–Crippen MR) is 61.9 cm³/mol. The van der Waals surface area contributed by atoms with Crippen molar-refractivity contribution in [1.82, 2.24) is 4.98 Å². The molecule has 3 nitrogen and oxygen atoms in total. The molecule has 13 heavy (non-hydrogen) atoms. The Morgan fingerprint density at radius 2 is 2.08 bits per heavy atom. The topological polar surface area (TPSA) is 50.9 Å². The fraction of sp³-hybridized carbons (Fsp3) is 0.444.